The molecule has 18 heavy (non-hydrogen) atoms. The second kappa shape index (κ2) is 4.12. The number of cyclic esters (lactones) is 1. The van der Waals surface area contributed by atoms with Crippen LogP contribution in [0.5, 0.6) is 5.75 Å². The molecule has 98 valence electrons. The number of alkyl carbamates (subject to hydrolysis) is 1. The first kappa shape index (κ1) is 12.6. The third-order valence-electron chi connectivity index (χ3n) is 2.95. The highest BCUT2D eigenvalue weighted by atomic mass is 19.3. The zero-order valence-electron chi connectivity index (χ0n) is 9.96. The van der Waals surface area contributed by atoms with Gasteiger partial charge in [-0.15, -0.1) is 0 Å². The molecule has 0 saturated carbocycles. The quantitative estimate of drug-likeness (QED) is 0.812. The van der Waals surface area contributed by atoms with Crippen molar-refractivity contribution >= 4 is 6.09 Å². The monoisotopic (exact) mass is 257 g/mol. The number of carbonyl (C=O) groups is 1. The minimum absolute atomic E-state index is 0.00968. The van der Waals surface area contributed by atoms with E-state index in [2.05, 4.69) is 10.1 Å². The van der Waals surface area contributed by atoms with E-state index in [1.54, 1.807) is 13.8 Å². The maximum atomic E-state index is 13.8. The molecule has 4 nitrogen and oxygen atoms in total. The van der Waals surface area contributed by atoms with Gasteiger partial charge in [0.15, 0.2) is 6.61 Å². The highest BCUT2D eigenvalue weighted by molar-refractivity contribution is 5.69. The molecule has 6 heteroatoms. The van der Waals surface area contributed by atoms with Crippen LogP contribution in [-0.2, 0) is 4.74 Å². The Bertz CT molecular complexity index is 479. The molecule has 1 aliphatic rings. The summed E-state index contributed by atoms with van der Waals surface area (Å²) in [7, 11) is 0. The van der Waals surface area contributed by atoms with Gasteiger partial charge in [-0.2, -0.15) is 0 Å². The van der Waals surface area contributed by atoms with E-state index in [-0.39, 0.29) is 5.75 Å². The van der Waals surface area contributed by atoms with E-state index in [1.807, 2.05) is 0 Å². The van der Waals surface area contributed by atoms with Gasteiger partial charge in [0.05, 0.1) is 0 Å². The number of halogens is 2. The summed E-state index contributed by atoms with van der Waals surface area (Å²) in [6, 6.07) is 1.35. The standard InChI is InChI=1S/C12H13F2NO3/c1-6-3-8(16)4-7(2)9(6)10-12(13,14)5-18-11(17)15-10/h3-4,10,16H,5H2,1-2H3,(H,15,17)/t10-/m0/s1. The molecule has 1 aromatic carbocycles. The molecule has 0 radical (unpaired) electrons. The van der Waals surface area contributed by atoms with Crippen molar-refractivity contribution in [1.29, 1.82) is 0 Å². The average molecular weight is 257 g/mol. The number of nitrogens with one attached hydrogen (secondary N) is 1. The van der Waals surface area contributed by atoms with Crippen molar-refractivity contribution in [2.24, 2.45) is 0 Å². The summed E-state index contributed by atoms with van der Waals surface area (Å²) >= 11 is 0. The second-order valence-electron chi connectivity index (χ2n) is 4.41. The van der Waals surface area contributed by atoms with Gasteiger partial charge in [0.2, 0.25) is 0 Å². The number of phenols is 1. The van der Waals surface area contributed by atoms with Crippen molar-refractivity contribution in [2.75, 3.05) is 6.61 Å². The number of hydrogen-bond acceptors (Lipinski definition) is 3. The minimum Gasteiger partial charge on any atom is -0.508 e. The first-order valence-electron chi connectivity index (χ1n) is 5.42. The fourth-order valence-electron chi connectivity index (χ4n) is 2.20. The van der Waals surface area contributed by atoms with E-state index < -0.39 is 24.7 Å². The van der Waals surface area contributed by atoms with Crippen LogP contribution in [0.15, 0.2) is 12.1 Å². The Morgan fingerprint density at radius 3 is 2.50 bits per heavy atom. The van der Waals surface area contributed by atoms with E-state index in [0.29, 0.717) is 16.7 Å². The molecule has 1 saturated heterocycles. The van der Waals surface area contributed by atoms with Crippen LogP contribution in [0.25, 0.3) is 0 Å². The summed E-state index contributed by atoms with van der Waals surface area (Å²) in [5, 5.41) is 11.5. The van der Waals surface area contributed by atoms with Crippen LogP contribution in [0.1, 0.15) is 22.7 Å². The highest BCUT2D eigenvalue weighted by Gasteiger charge is 2.47. The predicted octanol–water partition coefficient (Wildman–Crippen LogP) is 2.43. The minimum atomic E-state index is -3.18. The lowest BCUT2D eigenvalue weighted by atomic mass is 9.91. The molecule has 0 unspecified atom stereocenters. The Morgan fingerprint density at radius 1 is 1.39 bits per heavy atom. The lowest BCUT2D eigenvalue weighted by Crippen LogP contribution is -2.50. The zero-order chi connectivity index (χ0) is 13.5. The topological polar surface area (TPSA) is 58.6 Å². The molecular weight excluding hydrogens is 244 g/mol. The van der Waals surface area contributed by atoms with E-state index in [1.165, 1.54) is 12.1 Å². The lowest BCUT2D eigenvalue weighted by molar-refractivity contribution is -0.104. The first-order valence-corrected chi connectivity index (χ1v) is 5.42. The van der Waals surface area contributed by atoms with Crippen LogP contribution in [0.4, 0.5) is 13.6 Å². The average Bonchev–Trinajstić information content (AvgIpc) is 2.22. The molecule has 1 fully saturated rings. The SMILES string of the molecule is Cc1cc(O)cc(C)c1[C@@H]1NC(=O)OCC1(F)F. The Labute approximate surface area is 103 Å². The molecule has 1 aliphatic heterocycles. The van der Waals surface area contributed by atoms with Crippen molar-refractivity contribution in [1.82, 2.24) is 5.32 Å². The Hall–Kier alpha value is -1.85. The Morgan fingerprint density at radius 2 is 1.94 bits per heavy atom. The molecule has 1 heterocycles. The van der Waals surface area contributed by atoms with Gasteiger partial charge in [-0.05, 0) is 42.7 Å². The fourth-order valence-corrected chi connectivity index (χ4v) is 2.20. The van der Waals surface area contributed by atoms with Gasteiger partial charge in [-0.1, -0.05) is 0 Å². The number of aromatic hydroxyl groups is 1. The molecule has 0 aliphatic carbocycles. The molecule has 0 bridgehead atoms. The van der Waals surface area contributed by atoms with Gasteiger partial charge in [0, 0.05) is 0 Å². The van der Waals surface area contributed by atoms with Gasteiger partial charge < -0.3 is 15.2 Å². The fraction of sp³-hybridized carbons (Fsp3) is 0.417. The number of carbonyl (C=O) groups excluding carboxylic acids is 1. The number of benzene rings is 1. The number of amides is 1. The summed E-state index contributed by atoms with van der Waals surface area (Å²) in [5.41, 5.74) is 1.31. The Balaban J connectivity index is 2.49. The molecule has 1 aromatic rings. The zero-order valence-corrected chi connectivity index (χ0v) is 9.96. The van der Waals surface area contributed by atoms with Gasteiger partial charge >= 0.3 is 12.0 Å². The van der Waals surface area contributed by atoms with Crippen molar-refractivity contribution < 1.29 is 23.4 Å². The summed E-state index contributed by atoms with van der Waals surface area (Å²) < 4.78 is 31.9. The first-order chi connectivity index (χ1) is 8.31. The molecular formula is C12H13F2NO3. The predicted molar refractivity (Wildman–Crippen MR) is 59.8 cm³/mol. The molecule has 2 rings (SSSR count). The van der Waals surface area contributed by atoms with Gasteiger partial charge in [-0.25, -0.2) is 13.6 Å². The van der Waals surface area contributed by atoms with E-state index in [0.717, 1.165) is 0 Å². The normalized spacial score (nSPS) is 22.2. The van der Waals surface area contributed by atoms with Gasteiger partial charge in [-0.3, -0.25) is 0 Å². The van der Waals surface area contributed by atoms with Crippen LogP contribution in [0, 0.1) is 13.8 Å². The number of phenolic OH excluding ortho intramolecular Hbond substituents is 1. The maximum absolute atomic E-state index is 13.8. The number of ether oxygens (including phenoxy) is 1. The number of aryl methyl sites for hydroxylation is 2. The molecule has 1 atom stereocenters. The van der Waals surface area contributed by atoms with E-state index in [9.17, 15) is 18.7 Å². The van der Waals surface area contributed by atoms with Crippen LogP contribution in [0.2, 0.25) is 0 Å². The molecule has 0 spiro atoms. The second-order valence-corrected chi connectivity index (χ2v) is 4.41. The van der Waals surface area contributed by atoms with Crippen LogP contribution >= 0.6 is 0 Å². The van der Waals surface area contributed by atoms with Crippen molar-refractivity contribution in [3.05, 3.63) is 28.8 Å². The third-order valence-corrected chi connectivity index (χ3v) is 2.95. The maximum Gasteiger partial charge on any atom is 0.408 e. The molecule has 0 aromatic heterocycles. The van der Waals surface area contributed by atoms with Crippen molar-refractivity contribution in [3.8, 4) is 5.75 Å². The molecule has 2 N–H and O–H groups in total. The number of hydrogen-bond donors (Lipinski definition) is 2. The summed E-state index contributed by atoms with van der Waals surface area (Å²) in [4.78, 5) is 11.1. The number of rotatable bonds is 1. The van der Waals surface area contributed by atoms with Crippen LogP contribution in [-0.4, -0.2) is 23.7 Å². The third kappa shape index (κ3) is 2.10. The highest BCUT2D eigenvalue weighted by Crippen LogP contribution is 2.38. The lowest BCUT2D eigenvalue weighted by Gasteiger charge is -2.33. The van der Waals surface area contributed by atoms with Crippen molar-refractivity contribution in [2.45, 2.75) is 25.8 Å². The van der Waals surface area contributed by atoms with Gasteiger partial charge in [0.25, 0.3) is 0 Å². The van der Waals surface area contributed by atoms with Crippen molar-refractivity contribution in [3.63, 3.8) is 0 Å². The largest absolute Gasteiger partial charge is 0.508 e. The summed E-state index contributed by atoms with van der Waals surface area (Å²) in [6.07, 6.45) is -0.863. The smallest absolute Gasteiger partial charge is 0.408 e. The number of alkyl halides is 2. The van der Waals surface area contributed by atoms with Crippen LogP contribution < -0.4 is 5.32 Å². The van der Waals surface area contributed by atoms with E-state index in [4.69, 9.17) is 0 Å². The summed E-state index contributed by atoms with van der Waals surface area (Å²) in [6.45, 7) is 2.28. The summed E-state index contributed by atoms with van der Waals surface area (Å²) in [5.74, 6) is -3.17. The van der Waals surface area contributed by atoms with Crippen LogP contribution in [0.3, 0.4) is 0 Å². The molecule has 1 amide bonds. The Kier molecular flexibility index (Phi) is 2.88. The van der Waals surface area contributed by atoms with Gasteiger partial charge in [0.1, 0.15) is 11.8 Å². The van der Waals surface area contributed by atoms with E-state index >= 15 is 0 Å².